The molecule has 2 aromatic carbocycles. The fourth-order valence-electron chi connectivity index (χ4n) is 2.44. The van der Waals surface area contributed by atoms with Gasteiger partial charge < -0.3 is 10.1 Å². The van der Waals surface area contributed by atoms with Gasteiger partial charge in [-0.15, -0.1) is 0 Å². The molecule has 2 aromatic rings. The number of amides is 1. The normalized spacial score (nSPS) is 12.1. The van der Waals surface area contributed by atoms with Crippen LogP contribution in [0.1, 0.15) is 12.5 Å². The predicted molar refractivity (Wildman–Crippen MR) is 103 cm³/mol. The van der Waals surface area contributed by atoms with Gasteiger partial charge in [0.1, 0.15) is 10.6 Å². The van der Waals surface area contributed by atoms with Crippen LogP contribution >= 0.6 is 11.6 Å². The molecule has 1 N–H and O–H groups in total. The van der Waals surface area contributed by atoms with Crippen LogP contribution in [-0.4, -0.2) is 38.8 Å². The van der Waals surface area contributed by atoms with E-state index >= 15 is 0 Å². The highest BCUT2D eigenvalue weighted by Gasteiger charge is 2.34. The van der Waals surface area contributed by atoms with Gasteiger partial charge in [-0.25, -0.2) is 8.42 Å². The highest BCUT2D eigenvalue weighted by atomic mass is 35.5. The number of nitrogens with one attached hydrogen (secondary N) is 1. The van der Waals surface area contributed by atoms with Gasteiger partial charge in [0.25, 0.3) is 0 Å². The average Bonchev–Trinajstić information content (AvgIpc) is 2.65. The van der Waals surface area contributed by atoms with Gasteiger partial charge in [0.05, 0.1) is 24.2 Å². The molecule has 0 atom stereocenters. The smallest absolute Gasteiger partial charge is 0.416 e. The second kappa shape index (κ2) is 9.02. The minimum Gasteiger partial charge on any atom is -0.497 e. The zero-order valence-corrected chi connectivity index (χ0v) is 17.0. The van der Waals surface area contributed by atoms with E-state index in [4.69, 9.17) is 16.3 Å². The number of methoxy groups -OCH3 is 1. The summed E-state index contributed by atoms with van der Waals surface area (Å²) in [6.07, 6.45) is -4.74. The molecule has 0 aliphatic heterocycles. The van der Waals surface area contributed by atoms with E-state index < -0.39 is 39.1 Å². The summed E-state index contributed by atoms with van der Waals surface area (Å²) in [5, 5.41) is 2.15. The maximum atomic E-state index is 13.0. The molecule has 0 fully saturated rings. The summed E-state index contributed by atoms with van der Waals surface area (Å²) in [5.41, 5.74) is -0.780. The lowest BCUT2D eigenvalue weighted by Crippen LogP contribution is -2.38. The van der Waals surface area contributed by atoms with Crippen molar-refractivity contribution in [2.45, 2.75) is 18.0 Å². The van der Waals surface area contributed by atoms with Crippen molar-refractivity contribution < 1.29 is 31.1 Å². The van der Waals surface area contributed by atoms with E-state index in [-0.39, 0.29) is 11.6 Å². The highest BCUT2D eigenvalue weighted by Crippen LogP contribution is 2.34. The van der Waals surface area contributed by atoms with Crippen LogP contribution in [0, 0.1) is 0 Å². The van der Waals surface area contributed by atoms with Crippen molar-refractivity contribution in [3.05, 3.63) is 53.1 Å². The van der Waals surface area contributed by atoms with Crippen LogP contribution < -0.4 is 10.1 Å². The number of rotatable bonds is 7. The number of benzene rings is 2. The first kappa shape index (κ1) is 23.0. The molecule has 6 nitrogen and oxygen atoms in total. The Hall–Kier alpha value is -2.30. The van der Waals surface area contributed by atoms with Gasteiger partial charge >= 0.3 is 6.18 Å². The second-order valence-corrected chi connectivity index (χ2v) is 8.17. The van der Waals surface area contributed by atoms with Crippen molar-refractivity contribution in [1.82, 2.24) is 4.31 Å². The largest absolute Gasteiger partial charge is 0.497 e. The first-order valence-corrected chi connectivity index (χ1v) is 10.1. The summed E-state index contributed by atoms with van der Waals surface area (Å²) in [6.45, 7) is 0.695. The van der Waals surface area contributed by atoms with Crippen LogP contribution in [0.4, 0.5) is 18.9 Å². The van der Waals surface area contributed by atoms with Gasteiger partial charge in [0.15, 0.2) is 0 Å². The van der Waals surface area contributed by atoms with Crippen LogP contribution in [0.3, 0.4) is 0 Å². The van der Waals surface area contributed by atoms with Crippen molar-refractivity contribution in [2.75, 3.05) is 25.5 Å². The highest BCUT2D eigenvalue weighted by molar-refractivity contribution is 7.89. The Bertz CT molecular complexity index is 997. The molecular formula is C18H18ClF3N2O4S. The number of alkyl halides is 3. The second-order valence-electron chi connectivity index (χ2n) is 5.85. The van der Waals surface area contributed by atoms with E-state index in [1.807, 2.05) is 0 Å². The van der Waals surface area contributed by atoms with Crippen LogP contribution in [-0.2, 0) is 21.0 Å². The number of carbonyl (C=O) groups excluding carboxylic acids is 1. The molecule has 0 saturated heterocycles. The maximum Gasteiger partial charge on any atom is 0.416 e. The van der Waals surface area contributed by atoms with Gasteiger partial charge in [-0.1, -0.05) is 24.6 Å². The lowest BCUT2D eigenvalue weighted by atomic mass is 10.2. The number of sulfonamides is 1. The number of hydrogen-bond acceptors (Lipinski definition) is 4. The monoisotopic (exact) mass is 450 g/mol. The summed E-state index contributed by atoms with van der Waals surface area (Å²) in [6, 6.07) is 8.41. The third kappa shape index (κ3) is 5.62. The number of halogens is 4. The molecule has 0 bridgehead atoms. The van der Waals surface area contributed by atoms with Gasteiger partial charge in [-0.3, -0.25) is 4.79 Å². The Morgan fingerprint density at radius 2 is 1.90 bits per heavy atom. The summed E-state index contributed by atoms with van der Waals surface area (Å²) >= 11 is 5.84. The SMILES string of the molecule is CCN(CC(=O)Nc1cccc(OC)c1)S(=O)(=O)c1cc(C(F)(F)F)ccc1Cl. The van der Waals surface area contributed by atoms with E-state index in [0.717, 1.165) is 10.4 Å². The topological polar surface area (TPSA) is 75.7 Å². The molecule has 0 radical (unpaired) electrons. The van der Waals surface area contributed by atoms with Gasteiger partial charge in [0, 0.05) is 18.3 Å². The van der Waals surface area contributed by atoms with E-state index in [1.54, 1.807) is 18.2 Å². The quantitative estimate of drug-likeness (QED) is 0.691. The molecule has 0 saturated carbocycles. The minimum absolute atomic E-state index is 0.152. The van der Waals surface area contributed by atoms with Gasteiger partial charge in [-0.05, 0) is 30.3 Å². The third-order valence-electron chi connectivity index (χ3n) is 3.90. The molecule has 11 heteroatoms. The van der Waals surface area contributed by atoms with Crippen LogP contribution in [0.2, 0.25) is 5.02 Å². The molecule has 2 rings (SSSR count). The molecule has 0 heterocycles. The third-order valence-corrected chi connectivity index (χ3v) is 6.30. The molecule has 0 aliphatic carbocycles. The van der Waals surface area contributed by atoms with E-state index in [2.05, 4.69) is 5.32 Å². The molecule has 0 aliphatic rings. The van der Waals surface area contributed by atoms with E-state index in [1.165, 1.54) is 20.1 Å². The summed E-state index contributed by atoms with van der Waals surface area (Å²) < 4.78 is 70.3. The summed E-state index contributed by atoms with van der Waals surface area (Å²) in [7, 11) is -3.00. The van der Waals surface area contributed by atoms with Crippen molar-refractivity contribution in [1.29, 1.82) is 0 Å². The number of hydrogen-bond donors (Lipinski definition) is 1. The lowest BCUT2D eigenvalue weighted by Gasteiger charge is -2.21. The first-order valence-electron chi connectivity index (χ1n) is 8.29. The number of carbonyl (C=O) groups is 1. The number of likely N-dealkylation sites (N-methyl/N-ethyl adjacent to an activating group) is 1. The summed E-state index contributed by atoms with van der Waals surface area (Å²) in [4.78, 5) is 11.6. The van der Waals surface area contributed by atoms with E-state index in [0.29, 0.717) is 23.6 Å². The molecule has 0 unspecified atom stereocenters. The maximum absolute atomic E-state index is 13.0. The number of nitrogens with zero attached hydrogens (tertiary/aromatic N) is 1. The molecule has 158 valence electrons. The predicted octanol–water partition coefficient (Wildman–Crippen LogP) is 4.02. The standard InChI is InChI=1S/C18H18ClF3N2O4S/c1-3-24(11-17(25)23-13-5-4-6-14(10-13)28-2)29(26,27)16-9-12(18(20,21)22)7-8-15(16)19/h4-10H,3,11H2,1-2H3,(H,23,25). The number of ether oxygens (including phenoxy) is 1. The lowest BCUT2D eigenvalue weighted by molar-refractivity contribution is -0.137. The molecule has 29 heavy (non-hydrogen) atoms. The van der Waals surface area contributed by atoms with E-state index in [9.17, 15) is 26.4 Å². The average molecular weight is 451 g/mol. The van der Waals surface area contributed by atoms with Gasteiger partial charge in [0.2, 0.25) is 15.9 Å². The van der Waals surface area contributed by atoms with Crippen molar-refractivity contribution in [2.24, 2.45) is 0 Å². The molecule has 0 spiro atoms. The van der Waals surface area contributed by atoms with Crippen LogP contribution in [0.25, 0.3) is 0 Å². The zero-order valence-electron chi connectivity index (χ0n) is 15.5. The molecule has 0 aromatic heterocycles. The Kier molecular flexibility index (Phi) is 7.15. The van der Waals surface area contributed by atoms with Crippen LogP contribution in [0.5, 0.6) is 5.75 Å². The Labute approximate surface area is 171 Å². The van der Waals surface area contributed by atoms with Gasteiger partial charge in [-0.2, -0.15) is 17.5 Å². The molecule has 1 amide bonds. The Morgan fingerprint density at radius 1 is 1.21 bits per heavy atom. The Morgan fingerprint density at radius 3 is 2.48 bits per heavy atom. The fraction of sp³-hybridized carbons (Fsp3) is 0.278. The fourth-order valence-corrected chi connectivity index (χ4v) is 4.35. The van der Waals surface area contributed by atoms with Crippen molar-refractivity contribution >= 4 is 33.2 Å². The van der Waals surface area contributed by atoms with Crippen LogP contribution in [0.15, 0.2) is 47.4 Å². The minimum atomic E-state index is -4.74. The zero-order chi connectivity index (χ0) is 21.8. The Balaban J connectivity index is 2.27. The molecular weight excluding hydrogens is 433 g/mol. The first-order chi connectivity index (χ1) is 13.5. The van der Waals surface area contributed by atoms with Crippen molar-refractivity contribution in [3.63, 3.8) is 0 Å². The van der Waals surface area contributed by atoms with Crippen molar-refractivity contribution in [3.8, 4) is 5.75 Å². The number of anilines is 1. The summed E-state index contributed by atoms with van der Waals surface area (Å²) in [5.74, 6) is -0.190.